The lowest BCUT2D eigenvalue weighted by Gasteiger charge is -2.39. The van der Waals surface area contributed by atoms with Crippen LogP contribution in [-0.4, -0.2) is 47.7 Å². The molecule has 2 aromatic carbocycles. The number of benzene rings is 2. The highest BCUT2D eigenvalue weighted by Crippen LogP contribution is 2.36. The van der Waals surface area contributed by atoms with Crippen molar-refractivity contribution in [2.24, 2.45) is 11.8 Å². The van der Waals surface area contributed by atoms with E-state index in [1.165, 1.54) is 6.07 Å². The molecule has 4 rings (SSSR count). The molecular formula is C30H35F3N2O3. The Labute approximate surface area is 221 Å². The van der Waals surface area contributed by atoms with E-state index in [-0.39, 0.29) is 18.3 Å². The van der Waals surface area contributed by atoms with E-state index in [0.717, 1.165) is 43.0 Å². The molecule has 0 spiro atoms. The number of hydrogen-bond donors (Lipinski definition) is 1. The third-order valence-corrected chi connectivity index (χ3v) is 7.77. The average molecular weight is 529 g/mol. The summed E-state index contributed by atoms with van der Waals surface area (Å²) in [5.41, 5.74) is 1.69. The van der Waals surface area contributed by atoms with Crippen LogP contribution in [0, 0.1) is 23.5 Å². The number of alkyl halides is 1. The number of ether oxygens (including phenoxy) is 1. The molecule has 1 N–H and O–H groups in total. The minimum absolute atomic E-state index is 0.0807. The maximum Gasteiger partial charge on any atom is 0.303 e. The first-order valence-electron chi connectivity index (χ1n) is 13.3. The highest BCUT2D eigenvalue weighted by atomic mass is 19.2. The van der Waals surface area contributed by atoms with Crippen molar-refractivity contribution in [1.29, 1.82) is 0 Å². The van der Waals surface area contributed by atoms with Gasteiger partial charge in [0.05, 0.1) is 12.6 Å². The zero-order valence-electron chi connectivity index (χ0n) is 21.7. The maximum absolute atomic E-state index is 15.5. The number of carboxylic acids is 1. The topological polar surface area (TPSA) is 62.7 Å². The predicted molar refractivity (Wildman–Crippen MR) is 141 cm³/mol. The highest BCUT2D eigenvalue weighted by Gasteiger charge is 2.30. The molecule has 5 nitrogen and oxygen atoms in total. The molecule has 0 saturated carbocycles. The molecule has 0 unspecified atom stereocenters. The molecule has 3 atom stereocenters. The monoisotopic (exact) mass is 528 g/mol. The maximum atomic E-state index is 15.5. The van der Waals surface area contributed by atoms with E-state index < -0.39 is 23.8 Å². The van der Waals surface area contributed by atoms with Gasteiger partial charge in [-0.1, -0.05) is 12.1 Å². The molecule has 8 heteroatoms. The summed E-state index contributed by atoms with van der Waals surface area (Å²) < 4.78 is 48.3. The Bertz CT molecular complexity index is 1240. The standard InChI is InChI=1S/C30H35F3N2O3/c1-38-23-9-11-28-25(18-23)24(13-15-34-28)26(31)10-7-20-14-17-35(19-22(20)8-12-29(36)37)16-3-5-21-4-2-6-27(32)30(21)33/h2,4,6,9,11,13,15,18,20,22,26H,3,5,7-8,10,12,14,16-17,19H2,1H3,(H,36,37)/t20-,22-,26-/m1/s1. The molecule has 2 heterocycles. The van der Waals surface area contributed by atoms with Crippen molar-refractivity contribution in [3.63, 3.8) is 0 Å². The first-order valence-corrected chi connectivity index (χ1v) is 13.3. The van der Waals surface area contributed by atoms with Gasteiger partial charge in [0.1, 0.15) is 11.9 Å². The summed E-state index contributed by atoms with van der Waals surface area (Å²) >= 11 is 0. The van der Waals surface area contributed by atoms with Crippen LogP contribution in [0.15, 0.2) is 48.7 Å². The molecule has 0 bridgehead atoms. The summed E-state index contributed by atoms with van der Waals surface area (Å²) in [4.78, 5) is 17.9. The van der Waals surface area contributed by atoms with Gasteiger partial charge in [0, 0.05) is 24.5 Å². The quantitative estimate of drug-likeness (QED) is 0.282. The summed E-state index contributed by atoms with van der Waals surface area (Å²) in [5.74, 6) is -1.42. The Kier molecular flexibility index (Phi) is 9.61. The molecule has 204 valence electrons. The van der Waals surface area contributed by atoms with Crippen LogP contribution in [0.5, 0.6) is 5.75 Å². The van der Waals surface area contributed by atoms with Crippen LogP contribution in [-0.2, 0) is 11.2 Å². The van der Waals surface area contributed by atoms with E-state index in [1.807, 2.05) is 18.2 Å². The summed E-state index contributed by atoms with van der Waals surface area (Å²) in [6, 6.07) is 11.4. The molecule has 1 aliphatic heterocycles. The number of nitrogens with zero attached hydrogens (tertiary/aromatic N) is 2. The summed E-state index contributed by atoms with van der Waals surface area (Å²) in [6.07, 6.45) is 4.09. The number of fused-ring (bicyclic) bond motifs is 1. The summed E-state index contributed by atoms with van der Waals surface area (Å²) in [7, 11) is 1.58. The number of likely N-dealkylation sites (tertiary alicyclic amines) is 1. The number of carboxylic acid groups (broad SMARTS) is 1. The number of hydrogen-bond acceptors (Lipinski definition) is 4. The Balaban J connectivity index is 1.36. The predicted octanol–water partition coefficient (Wildman–Crippen LogP) is 6.75. The largest absolute Gasteiger partial charge is 0.497 e. The molecule has 1 saturated heterocycles. The van der Waals surface area contributed by atoms with Gasteiger partial charge < -0.3 is 14.7 Å². The SMILES string of the molecule is COc1ccc2nccc([C@H](F)CC[C@@H]3CCN(CCCc4cccc(F)c4F)C[C@H]3CCC(=O)O)c2c1. The van der Waals surface area contributed by atoms with Crippen molar-refractivity contribution in [3.8, 4) is 5.75 Å². The molecule has 1 aromatic heterocycles. The number of pyridine rings is 1. The van der Waals surface area contributed by atoms with Crippen LogP contribution in [0.25, 0.3) is 10.9 Å². The van der Waals surface area contributed by atoms with Crippen LogP contribution in [0.2, 0.25) is 0 Å². The van der Waals surface area contributed by atoms with Crippen LogP contribution in [0.1, 0.15) is 55.8 Å². The molecule has 0 aliphatic carbocycles. The normalized spacial score (nSPS) is 18.9. The second kappa shape index (κ2) is 13.1. The van der Waals surface area contributed by atoms with Crippen LogP contribution < -0.4 is 4.74 Å². The van der Waals surface area contributed by atoms with Gasteiger partial charge in [0.15, 0.2) is 11.6 Å². The van der Waals surface area contributed by atoms with Crippen molar-refractivity contribution in [2.75, 3.05) is 26.7 Å². The molecule has 0 radical (unpaired) electrons. The number of rotatable bonds is 12. The van der Waals surface area contributed by atoms with E-state index in [0.29, 0.717) is 49.0 Å². The van der Waals surface area contributed by atoms with Gasteiger partial charge in [0.25, 0.3) is 0 Å². The van der Waals surface area contributed by atoms with Crippen LogP contribution >= 0.6 is 0 Å². The van der Waals surface area contributed by atoms with E-state index in [1.54, 1.807) is 25.4 Å². The fourth-order valence-electron chi connectivity index (χ4n) is 5.67. The van der Waals surface area contributed by atoms with Crippen molar-refractivity contribution in [3.05, 3.63) is 71.4 Å². The Morgan fingerprint density at radius 1 is 1.18 bits per heavy atom. The molecule has 38 heavy (non-hydrogen) atoms. The van der Waals surface area contributed by atoms with Crippen LogP contribution in [0.3, 0.4) is 0 Å². The van der Waals surface area contributed by atoms with E-state index in [9.17, 15) is 18.7 Å². The van der Waals surface area contributed by atoms with Crippen molar-refractivity contribution >= 4 is 16.9 Å². The number of methoxy groups -OCH3 is 1. The Hall–Kier alpha value is -3.13. The zero-order valence-corrected chi connectivity index (χ0v) is 21.7. The molecule has 1 aliphatic rings. The first-order chi connectivity index (χ1) is 18.4. The number of carbonyl (C=O) groups is 1. The molecular weight excluding hydrogens is 493 g/mol. The third-order valence-electron chi connectivity index (χ3n) is 7.77. The molecule has 1 fully saturated rings. The zero-order chi connectivity index (χ0) is 27.1. The lowest BCUT2D eigenvalue weighted by Crippen LogP contribution is -2.41. The number of aliphatic carboxylic acids is 1. The van der Waals surface area contributed by atoms with Crippen molar-refractivity contribution in [1.82, 2.24) is 9.88 Å². The third kappa shape index (κ3) is 7.04. The number of aromatic nitrogens is 1. The second-order valence-corrected chi connectivity index (χ2v) is 10.2. The number of aryl methyl sites for hydroxylation is 1. The Morgan fingerprint density at radius 2 is 2.03 bits per heavy atom. The second-order valence-electron chi connectivity index (χ2n) is 10.2. The van der Waals surface area contributed by atoms with Gasteiger partial charge in [-0.05, 0) is 105 Å². The smallest absolute Gasteiger partial charge is 0.303 e. The first kappa shape index (κ1) is 27.9. The average Bonchev–Trinajstić information content (AvgIpc) is 2.92. The van der Waals surface area contributed by atoms with Gasteiger partial charge in [-0.3, -0.25) is 9.78 Å². The van der Waals surface area contributed by atoms with Gasteiger partial charge in [-0.15, -0.1) is 0 Å². The highest BCUT2D eigenvalue weighted by molar-refractivity contribution is 5.83. The van der Waals surface area contributed by atoms with E-state index in [2.05, 4.69) is 9.88 Å². The van der Waals surface area contributed by atoms with E-state index in [4.69, 9.17) is 4.74 Å². The van der Waals surface area contributed by atoms with Gasteiger partial charge in [-0.25, -0.2) is 13.2 Å². The molecule has 3 aromatic rings. The fourth-order valence-corrected chi connectivity index (χ4v) is 5.67. The van der Waals surface area contributed by atoms with Crippen molar-refractivity contribution in [2.45, 2.75) is 51.1 Å². The lowest BCUT2D eigenvalue weighted by atomic mass is 9.79. The van der Waals surface area contributed by atoms with Gasteiger partial charge >= 0.3 is 5.97 Å². The van der Waals surface area contributed by atoms with E-state index >= 15 is 4.39 Å². The van der Waals surface area contributed by atoms with Gasteiger partial charge in [0.2, 0.25) is 0 Å². The Morgan fingerprint density at radius 3 is 2.82 bits per heavy atom. The fraction of sp³-hybridized carbons (Fsp3) is 0.467. The summed E-state index contributed by atoms with van der Waals surface area (Å²) in [6.45, 7) is 2.28. The minimum Gasteiger partial charge on any atom is -0.497 e. The van der Waals surface area contributed by atoms with Crippen LogP contribution in [0.4, 0.5) is 13.2 Å². The number of halogens is 3. The summed E-state index contributed by atoms with van der Waals surface area (Å²) in [5, 5.41) is 10.0. The number of piperidine rings is 1. The van der Waals surface area contributed by atoms with Gasteiger partial charge in [-0.2, -0.15) is 0 Å². The lowest BCUT2D eigenvalue weighted by molar-refractivity contribution is -0.137. The minimum atomic E-state index is -1.16. The molecule has 0 amide bonds. The van der Waals surface area contributed by atoms with Crippen molar-refractivity contribution < 1.29 is 27.8 Å².